The molecule has 2 rings (SSSR count). The van der Waals surface area contributed by atoms with Crippen LogP contribution in [0.15, 0.2) is 65.6 Å². The van der Waals surface area contributed by atoms with E-state index in [0.717, 1.165) is 11.8 Å². The van der Waals surface area contributed by atoms with Crippen LogP contribution in [-0.4, -0.2) is 36.0 Å². The predicted octanol–water partition coefficient (Wildman–Crippen LogP) is 3.10. The van der Waals surface area contributed by atoms with E-state index in [9.17, 15) is 33.5 Å². The van der Waals surface area contributed by atoms with E-state index in [1.54, 1.807) is 60.7 Å². The molecule has 0 heterocycles. The molecule has 0 aromatic heterocycles. The van der Waals surface area contributed by atoms with Gasteiger partial charge in [-0.2, -0.15) is 0 Å². The Bertz CT molecular complexity index is 810. The topological polar surface area (TPSA) is 132 Å². The van der Waals surface area contributed by atoms with Gasteiger partial charge in [0.05, 0.1) is 5.25 Å². The lowest BCUT2D eigenvalue weighted by molar-refractivity contribution is 0.0987. The normalized spacial score (nSPS) is 13.6. The number of benzene rings is 2. The highest BCUT2D eigenvalue weighted by molar-refractivity contribution is 8.00. The maximum atomic E-state index is 12.8. The average Bonchev–Trinajstić information content (AvgIpc) is 2.57. The zero-order valence-corrected chi connectivity index (χ0v) is 16.1. The first kappa shape index (κ1) is 21.1. The highest BCUT2D eigenvalue weighted by Crippen LogP contribution is 2.62. The summed E-state index contributed by atoms with van der Waals surface area (Å²) in [6.07, 6.45) is -0.651. The summed E-state index contributed by atoms with van der Waals surface area (Å²) < 4.78 is 23.2. The molecule has 0 radical (unpaired) electrons. The molecule has 0 aliphatic heterocycles. The lowest BCUT2D eigenvalue weighted by Gasteiger charge is -2.24. The fourth-order valence-electron chi connectivity index (χ4n) is 2.32. The van der Waals surface area contributed by atoms with Gasteiger partial charge >= 0.3 is 15.2 Å². The van der Waals surface area contributed by atoms with Gasteiger partial charge in [-0.25, -0.2) is 0 Å². The molecule has 0 aliphatic carbocycles. The van der Waals surface area contributed by atoms with Crippen molar-refractivity contribution >= 4 is 32.7 Å². The van der Waals surface area contributed by atoms with Crippen molar-refractivity contribution in [3.8, 4) is 0 Å². The molecule has 10 heteroatoms. The van der Waals surface area contributed by atoms with Crippen molar-refractivity contribution in [2.24, 2.45) is 0 Å². The van der Waals surface area contributed by atoms with E-state index in [0.29, 0.717) is 10.5 Å². The molecule has 2 aromatic carbocycles. The number of carbonyl (C=O) groups is 1. The van der Waals surface area contributed by atoms with Gasteiger partial charge in [0.25, 0.3) is 0 Å². The summed E-state index contributed by atoms with van der Waals surface area (Å²) in [5.74, 6) is -0.452. The van der Waals surface area contributed by atoms with E-state index in [1.165, 1.54) is 0 Å². The van der Waals surface area contributed by atoms with E-state index in [2.05, 4.69) is 0 Å². The Hall–Kier alpha value is -1.24. The molecule has 0 aliphatic rings. The quantitative estimate of drug-likeness (QED) is 0.293. The zero-order chi connectivity index (χ0) is 19.4. The van der Waals surface area contributed by atoms with Gasteiger partial charge in [-0.05, 0) is 18.6 Å². The summed E-state index contributed by atoms with van der Waals surface area (Å²) in [4.78, 5) is 51.0. The SMILES string of the molecule is O=C(c1ccccc1)C(CC(P(=O)(O)O)P(=O)(O)O)Sc1ccccc1. The van der Waals surface area contributed by atoms with Crippen LogP contribution in [0.25, 0.3) is 0 Å². The van der Waals surface area contributed by atoms with Gasteiger partial charge in [-0.1, -0.05) is 48.5 Å². The Balaban J connectivity index is 2.38. The van der Waals surface area contributed by atoms with Gasteiger partial charge in [0.15, 0.2) is 11.2 Å². The van der Waals surface area contributed by atoms with Crippen LogP contribution in [0.1, 0.15) is 16.8 Å². The van der Waals surface area contributed by atoms with E-state index in [-0.39, 0.29) is 0 Å². The fourth-order valence-corrected chi connectivity index (χ4v) is 6.32. The Labute approximate surface area is 154 Å². The van der Waals surface area contributed by atoms with E-state index in [4.69, 9.17) is 0 Å². The van der Waals surface area contributed by atoms with E-state index in [1.807, 2.05) is 0 Å². The molecule has 4 N–H and O–H groups in total. The molecule has 2 aromatic rings. The summed E-state index contributed by atoms with van der Waals surface area (Å²) in [7, 11) is -10.2. The predicted molar refractivity (Wildman–Crippen MR) is 99.4 cm³/mol. The smallest absolute Gasteiger partial charge is 0.324 e. The van der Waals surface area contributed by atoms with Crippen molar-refractivity contribution in [3.05, 3.63) is 66.2 Å². The van der Waals surface area contributed by atoms with Crippen LogP contribution in [0.3, 0.4) is 0 Å². The van der Waals surface area contributed by atoms with Gasteiger partial charge in [0.1, 0.15) is 0 Å². The number of ketones is 1. The van der Waals surface area contributed by atoms with Crippen LogP contribution in [0, 0.1) is 0 Å². The lowest BCUT2D eigenvalue weighted by Crippen LogP contribution is -2.24. The lowest BCUT2D eigenvalue weighted by atomic mass is 10.1. The van der Waals surface area contributed by atoms with Gasteiger partial charge in [0, 0.05) is 10.5 Å². The summed E-state index contributed by atoms with van der Waals surface area (Å²) in [6.45, 7) is 0. The van der Waals surface area contributed by atoms with Gasteiger partial charge in [-0.3, -0.25) is 13.9 Å². The molecule has 1 atom stereocenters. The third kappa shape index (κ3) is 5.89. The standard InChI is InChI=1S/C16H18O7P2S/c17-16(12-7-3-1-4-8-12)14(26-13-9-5-2-6-10-13)11-15(24(18,19)20)25(21,22)23/h1-10,14-15H,11H2,(H2,18,19,20)(H2,21,22,23). The molecule has 0 bridgehead atoms. The molecule has 0 spiro atoms. The summed E-state index contributed by atoms with van der Waals surface area (Å²) in [5.41, 5.74) is 0.302. The minimum Gasteiger partial charge on any atom is -0.324 e. The number of hydrogen-bond acceptors (Lipinski definition) is 4. The second-order valence-corrected chi connectivity index (χ2v) is 10.8. The summed E-state index contributed by atoms with van der Waals surface area (Å²) >= 11 is 1.02. The van der Waals surface area contributed by atoms with Crippen molar-refractivity contribution in [1.29, 1.82) is 0 Å². The third-order valence-corrected chi connectivity index (χ3v) is 8.59. The monoisotopic (exact) mass is 416 g/mol. The molecule has 7 nitrogen and oxygen atoms in total. The third-order valence-electron chi connectivity index (χ3n) is 3.57. The Morgan fingerprint density at radius 1 is 0.846 bits per heavy atom. The van der Waals surface area contributed by atoms with Crippen molar-refractivity contribution in [3.63, 3.8) is 0 Å². The second-order valence-electron chi connectivity index (χ2n) is 5.54. The number of thioether (sulfide) groups is 1. The number of carbonyl (C=O) groups excluding carboxylic acids is 1. The Morgan fingerprint density at radius 2 is 1.31 bits per heavy atom. The van der Waals surface area contributed by atoms with Crippen LogP contribution in [0.4, 0.5) is 0 Å². The highest BCUT2D eigenvalue weighted by atomic mass is 32.2. The Morgan fingerprint density at radius 3 is 1.77 bits per heavy atom. The van der Waals surface area contributed by atoms with Gasteiger partial charge in [-0.15, -0.1) is 11.8 Å². The maximum Gasteiger partial charge on any atom is 0.340 e. The van der Waals surface area contributed by atoms with Crippen LogP contribution in [0.2, 0.25) is 0 Å². The van der Waals surface area contributed by atoms with Crippen LogP contribution >= 0.6 is 27.0 Å². The minimum absolute atomic E-state index is 0.302. The van der Waals surface area contributed by atoms with Crippen molar-refractivity contribution < 1.29 is 33.5 Å². The molecule has 0 amide bonds. The molecular weight excluding hydrogens is 398 g/mol. The molecule has 140 valence electrons. The van der Waals surface area contributed by atoms with Gasteiger partial charge in [0.2, 0.25) is 0 Å². The number of Topliss-reactive ketones (excluding diaryl/α,β-unsaturated/α-hetero) is 1. The first-order valence-corrected chi connectivity index (χ1v) is 11.7. The van der Waals surface area contributed by atoms with Gasteiger partial charge < -0.3 is 19.6 Å². The summed E-state index contributed by atoms with van der Waals surface area (Å²) in [6, 6.07) is 16.7. The fraction of sp³-hybridized carbons (Fsp3) is 0.188. The van der Waals surface area contributed by atoms with E-state index < -0.39 is 38.0 Å². The molecule has 26 heavy (non-hydrogen) atoms. The first-order chi connectivity index (χ1) is 12.1. The van der Waals surface area contributed by atoms with Crippen molar-refractivity contribution in [2.45, 2.75) is 22.0 Å². The van der Waals surface area contributed by atoms with Crippen molar-refractivity contribution in [2.75, 3.05) is 0 Å². The maximum absolute atomic E-state index is 12.8. The second kappa shape index (κ2) is 8.63. The average molecular weight is 416 g/mol. The van der Waals surface area contributed by atoms with Crippen LogP contribution in [-0.2, 0) is 9.13 Å². The molecular formula is C16H18O7P2S. The van der Waals surface area contributed by atoms with Crippen molar-refractivity contribution in [1.82, 2.24) is 0 Å². The molecule has 0 saturated heterocycles. The summed E-state index contributed by atoms with van der Waals surface area (Å²) in [5, 5.41) is -3.30. The van der Waals surface area contributed by atoms with E-state index >= 15 is 0 Å². The largest absolute Gasteiger partial charge is 0.340 e. The highest BCUT2D eigenvalue weighted by Gasteiger charge is 2.45. The molecule has 0 fully saturated rings. The first-order valence-electron chi connectivity index (χ1n) is 7.50. The number of hydrogen-bond donors (Lipinski definition) is 4. The minimum atomic E-state index is -5.12. The zero-order valence-electron chi connectivity index (χ0n) is 13.5. The van der Waals surface area contributed by atoms with Crippen LogP contribution in [0.5, 0.6) is 0 Å². The molecule has 1 unspecified atom stereocenters. The number of rotatable bonds is 8. The molecule has 0 saturated carbocycles. The Kier molecular flexibility index (Phi) is 6.99. The van der Waals surface area contributed by atoms with Crippen LogP contribution < -0.4 is 0 Å².